The quantitative estimate of drug-likeness (QED) is 0.742. The topological polar surface area (TPSA) is 46.6 Å². The van der Waals surface area contributed by atoms with E-state index in [9.17, 15) is 9.59 Å². The highest BCUT2D eigenvalue weighted by Crippen LogP contribution is 2.60. The second kappa shape index (κ2) is 6.03. The molecule has 4 nitrogen and oxygen atoms in total. The van der Waals surface area contributed by atoms with Gasteiger partial charge in [0, 0.05) is 12.1 Å². The van der Waals surface area contributed by atoms with E-state index in [1.165, 1.54) is 25.7 Å². The monoisotopic (exact) mass is 333 g/mol. The van der Waals surface area contributed by atoms with Gasteiger partial charge in [-0.15, -0.1) is 0 Å². The first-order chi connectivity index (χ1) is 11.5. The van der Waals surface area contributed by atoms with Gasteiger partial charge in [-0.25, -0.2) is 0 Å². The Bertz CT molecular complexity index is 484. The second-order valence-corrected chi connectivity index (χ2v) is 9.20. The molecule has 0 N–H and O–H groups in total. The van der Waals surface area contributed by atoms with Crippen molar-refractivity contribution >= 4 is 11.9 Å². The van der Waals surface area contributed by atoms with Gasteiger partial charge < -0.3 is 9.64 Å². The Morgan fingerprint density at radius 1 is 0.958 bits per heavy atom. The van der Waals surface area contributed by atoms with E-state index < -0.39 is 0 Å². The fourth-order valence-electron chi connectivity index (χ4n) is 6.63. The van der Waals surface area contributed by atoms with E-state index in [0.29, 0.717) is 0 Å². The predicted molar refractivity (Wildman–Crippen MR) is 91.2 cm³/mol. The molecule has 0 spiro atoms. The fourth-order valence-corrected chi connectivity index (χ4v) is 6.63. The number of likely N-dealkylation sites (tertiary alicyclic amines) is 1. The Kier molecular flexibility index (Phi) is 4.12. The molecule has 0 radical (unpaired) electrons. The SMILES string of the molecule is C[C@H]1CCC[C@H](C)N1C(=O)COC(=O)C12CC3CC(CC(C3)C1)C2. The molecule has 2 atom stereocenters. The van der Waals surface area contributed by atoms with Crippen LogP contribution >= 0.6 is 0 Å². The second-order valence-electron chi connectivity index (χ2n) is 9.20. The Balaban J connectivity index is 1.37. The Hall–Kier alpha value is -1.06. The molecule has 1 saturated heterocycles. The summed E-state index contributed by atoms with van der Waals surface area (Å²) in [4.78, 5) is 27.4. The van der Waals surface area contributed by atoms with Crippen molar-refractivity contribution in [3.8, 4) is 0 Å². The van der Waals surface area contributed by atoms with Crippen LogP contribution in [0, 0.1) is 23.2 Å². The smallest absolute Gasteiger partial charge is 0.312 e. The molecular formula is C20H31NO3. The van der Waals surface area contributed by atoms with Crippen molar-refractivity contribution in [1.29, 1.82) is 0 Å². The number of carbonyl (C=O) groups is 2. The summed E-state index contributed by atoms with van der Waals surface area (Å²) < 4.78 is 5.61. The highest BCUT2D eigenvalue weighted by molar-refractivity contribution is 5.83. The summed E-state index contributed by atoms with van der Waals surface area (Å²) in [5, 5.41) is 0. The lowest BCUT2D eigenvalue weighted by molar-refractivity contribution is -0.175. The summed E-state index contributed by atoms with van der Waals surface area (Å²) >= 11 is 0. The maximum absolute atomic E-state index is 12.9. The van der Waals surface area contributed by atoms with Crippen molar-refractivity contribution in [3.05, 3.63) is 0 Å². The van der Waals surface area contributed by atoms with Crippen LogP contribution in [0.3, 0.4) is 0 Å². The zero-order valence-corrected chi connectivity index (χ0v) is 15.1. The minimum absolute atomic E-state index is 0.00669. The average Bonchev–Trinajstić information content (AvgIpc) is 2.51. The molecule has 4 bridgehead atoms. The molecule has 1 amide bonds. The molecule has 0 aromatic rings. The van der Waals surface area contributed by atoms with Gasteiger partial charge in [0.15, 0.2) is 6.61 Å². The van der Waals surface area contributed by atoms with Crippen molar-refractivity contribution in [2.45, 2.75) is 83.7 Å². The number of nitrogens with zero attached hydrogens (tertiary/aromatic N) is 1. The van der Waals surface area contributed by atoms with E-state index in [1.54, 1.807) is 0 Å². The number of esters is 1. The first kappa shape index (κ1) is 16.4. The van der Waals surface area contributed by atoms with Crippen LogP contribution in [-0.2, 0) is 14.3 Å². The molecule has 5 fully saturated rings. The molecule has 4 aliphatic carbocycles. The molecular weight excluding hydrogens is 302 g/mol. The normalized spacial score (nSPS) is 43.8. The molecule has 0 aromatic carbocycles. The van der Waals surface area contributed by atoms with Gasteiger partial charge in [-0.05, 0) is 89.4 Å². The molecule has 1 aliphatic heterocycles. The summed E-state index contributed by atoms with van der Waals surface area (Å²) in [6.45, 7) is 4.15. The van der Waals surface area contributed by atoms with Crippen molar-refractivity contribution in [2.75, 3.05) is 6.61 Å². The minimum Gasteiger partial charge on any atom is -0.455 e. The van der Waals surface area contributed by atoms with Crippen molar-refractivity contribution in [3.63, 3.8) is 0 Å². The van der Waals surface area contributed by atoms with Gasteiger partial charge in [0.05, 0.1) is 5.41 Å². The number of carbonyl (C=O) groups excluding carboxylic acids is 2. The van der Waals surface area contributed by atoms with E-state index in [0.717, 1.165) is 49.9 Å². The first-order valence-corrected chi connectivity index (χ1v) is 9.95. The highest BCUT2D eigenvalue weighted by Gasteiger charge is 2.55. The maximum atomic E-state index is 12.9. The number of hydrogen-bond donors (Lipinski definition) is 0. The zero-order chi connectivity index (χ0) is 16.9. The molecule has 5 rings (SSSR count). The average molecular weight is 333 g/mol. The lowest BCUT2D eigenvalue weighted by atomic mass is 9.49. The van der Waals surface area contributed by atoms with E-state index in [4.69, 9.17) is 4.74 Å². The van der Waals surface area contributed by atoms with Gasteiger partial charge in [0.2, 0.25) is 0 Å². The van der Waals surface area contributed by atoms with E-state index >= 15 is 0 Å². The van der Waals surface area contributed by atoms with Crippen LogP contribution in [0.5, 0.6) is 0 Å². The standard InChI is InChI=1S/C20H31NO3/c1-13-4-3-5-14(2)21(13)18(22)12-24-19(23)20-9-15-6-16(10-20)8-17(7-15)11-20/h13-17H,3-12H2,1-2H3/t13-,14-,15?,16?,17?,20?/m0/s1. The summed E-state index contributed by atoms with van der Waals surface area (Å²) in [7, 11) is 0. The third-order valence-corrected chi connectivity index (χ3v) is 7.28. The third kappa shape index (κ3) is 2.76. The van der Waals surface area contributed by atoms with Crippen LogP contribution in [0.1, 0.15) is 71.6 Å². The summed E-state index contributed by atoms with van der Waals surface area (Å²) in [6, 6.07) is 0.527. The predicted octanol–water partition coefficient (Wildman–Crippen LogP) is 3.54. The highest BCUT2D eigenvalue weighted by atomic mass is 16.5. The maximum Gasteiger partial charge on any atom is 0.312 e. The van der Waals surface area contributed by atoms with Crippen molar-refractivity contribution < 1.29 is 14.3 Å². The summed E-state index contributed by atoms with van der Waals surface area (Å²) in [5.41, 5.74) is -0.256. The number of amides is 1. The van der Waals surface area contributed by atoms with Gasteiger partial charge in [0.25, 0.3) is 5.91 Å². The van der Waals surface area contributed by atoms with Crippen LogP contribution in [0.2, 0.25) is 0 Å². The molecule has 5 aliphatic rings. The van der Waals surface area contributed by atoms with Crippen molar-refractivity contribution in [1.82, 2.24) is 4.90 Å². The number of rotatable bonds is 3. The molecule has 24 heavy (non-hydrogen) atoms. The van der Waals surface area contributed by atoms with E-state index in [2.05, 4.69) is 13.8 Å². The van der Waals surface area contributed by atoms with Crippen molar-refractivity contribution in [2.24, 2.45) is 23.2 Å². The number of ether oxygens (including phenoxy) is 1. The molecule has 4 saturated carbocycles. The molecule has 4 heteroatoms. The number of piperidine rings is 1. The zero-order valence-electron chi connectivity index (χ0n) is 15.1. The minimum atomic E-state index is -0.256. The van der Waals surface area contributed by atoms with Gasteiger partial charge >= 0.3 is 5.97 Å². The Morgan fingerprint density at radius 2 is 1.46 bits per heavy atom. The van der Waals surface area contributed by atoms with E-state index in [-0.39, 0.29) is 36.0 Å². The molecule has 0 unspecified atom stereocenters. The number of hydrogen-bond acceptors (Lipinski definition) is 3. The van der Waals surface area contributed by atoms with Gasteiger partial charge in [-0.2, -0.15) is 0 Å². The lowest BCUT2D eigenvalue weighted by Crippen LogP contribution is -2.52. The van der Waals surface area contributed by atoms with Gasteiger partial charge in [0.1, 0.15) is 0 Å². The fraction of sp³-hybridized carbons (Fsp3) is 0.900. The Morgan fingerprint density at radius 3 is 1.96 bits per heavy atom. The largest absolute Gasteiger partial charge is 0.455 e. The summed E-state index contributed by atoms with van der Waals surface area (Å²) in [5.74, 6) is 2.09. The van der Waals surface area contributed by atoms with Crippen LogP contribution in [-0.4, -0.2) is 35.5 Å². The van der Waals surface area contributed by atoms with Gasteiger partial charge in [-0.1, -0.05) is 0 Å². The van der Waals surface area contributed by atoms with Gasteiger partial charge in [-0.3, -0.25) is 9.59 Å². The van der Waals surface area contributed by atoms with E-state index in [1.807, 2.05) is 4.90 Å². The van der Waals surface area contributed by atoms with Crippen LogP contribution in [0.4, 0.5) is 0 Å². The molecule has 1 heterocycles. The Labute approximate surface area is 145 Å². The molecule has 134 valence electrons. The summed E-state index contributed by atoms with van der Waals surface area (Å²) in [6.07, 6.45) is 10.2. The van der Waals surface area contributed by atoms with Crippen LogP contribution in [0.15, 0.2) is 0 Å². The lowest BCUT2D eigenvalue weighted by Gasteiger charge is -2.55. The first-order valence-electron chi connectivity index (χ1n) is 9.95. The molecule has 0 aromatic heterocycles. The van der Waals surface area contributed by atoms with Crippen LogP contribution in [0.25, 0.3) is 0 Å². The third-order valence-electron chi connectivity index (χ3n) is 7.28. The van der Waals surface area contributed by atoms with Crippen LogP contribution < -0.4 is 0 Å².